The number of hydrogen-bond donors (Lipinski definition) is 0. The van der Waals surface area contributed by atoms with Crippen molar-refractivity contribution in [3.05, 3.63) is 125 Å². The fraction of sp³-hybridized carbons (Fsp3) is 0.214. The zero-order chi connectivity index (χ0) is 19.6. The minimum absolute atomic E-state index is 0. The summed E-state index contributed by atoms with van der Waals surface area (Å²) in [5, 5.41) is 0. The molecule has 0 nitrogen and oxygen atoms in total. The van der Waals surface area contributed by atoms with Crippen molar-refractivity contribution in [3.8, 4) is 0 Å². The molecule has 0 bridgehead atoms. The molecule has 3 aromatic carbocycles. The summed E-state index contributed by atoms with van der Waals surface area (Å²) in [5.74, 6) is 0. The molecule has 0 fully saturated rings. The van der Waals surface area contributed by atoms with E-state index in [-0.39, 0.29) is 69.8 Å². The summed E-state index contributed by atoms with van der Waals surface area (Å²) in [5.41, 5.74) is 6.34. The Kier molecular flexibility index (Phi) is 12.3. The third-order valence-corrected chi connectivity index (χ3v) is 5.91. The van der Waals surface area contributed by atoms with E-state index in [0.717, 1.165) is 6.42 Å². The second-order valence-corrected chi connectivity index (χ2v) is 8.50. The number of rotatable bonds is 4. The van der Waals surface area contributed by atoms with Crippen molar-refractivity contribution in [2.24, 2.45) is 5.41 Å². The molecule has 0 N–H and O–H groups in total. The SMILES string of the molecule is CC(C)(C)C(C1=C(c2ccccc2)[C-]=CC1)(c1ccccc1)c1ccccc1.[Cl-].[Cl-].[Cl-].[Ti+4]. The molecular weight excluding hydrogens is 491 g/mol. The Balaban J connectivity index is 0.00000240. The van der Waals surface area contributed by atoms with E-state index in [0.29, 0.717) is 0 Å². The van der Waals surface area contributed by atoms with Crippen LogP contribution in [0.25, 0.3) is 5.57 Å². The second-order valence-electron chi connectivity index (χ2n) is 8.50. The van der Waals surface area contributed by atoms with Gasteiger partial charge in [0.2, 0.25) is 0 Å². The third kappa shape index (κ3) is 5.44. The van der Waals surface area contributed by atoms with Crippen molar-refractivity contribution >= 4 is 5.57 Å². The van der Waals surface area contributed by atoms with Gasteiger partial charge < -0.3 is 37.2 Å². The van der Waals surface area contributed by atoms with Gasteiger partial charge in [-0.25, -0.2) is 0 Å². The van der Waals surface area contributed by atoms with Gasteiger partial charge in [0.05, 0.1) is 0 Å². The van der Waals surface area contributed by atoms with E-state index in [1.807, 2.05) is 0 Å². The molecule has 32 heavy (non-hydrogen) atoms. The van der Waals surface area contributed by atoms with E-state index >= 15 is 0 Å². The zero-order valence-corrected chi connectivity index (χ0v) is 22.4. The minimum atomic E-state index is -0.235. The summed E-state index contributed by atoms with van der Waals surface area (Å²) < 4.78 is 0. The fourth-order valence-electron chi connectivity index (χ4n) is 4.86. The standard InChI is InChI=1S/C28H27.3ClH.Ti/c1-27(2,3)28(23-16-9-5-10-17-23,24-18-11-6-12-19-24)26-21-13-20-25(26)22-14-7-4-8-15-22;;;;/h4-19H,21H2,1-3H3;3*1H;/q-1;;;;+4/p-3. The van der Waals surface area contributed by atoms with Crippen molar-refractivity contribution in [1.82, 2.24) is 0 Å². The predicted molar refractivity (Wildman–Crippen MR) is 119 cm³/mol. The van der Waals surface area contributed by atoms with Crippen LogP contribution in [0.4, 0.5) is 0 Å². The van der Waals surface area contributed by atoms with Crippen molar-refractivity contribution in [2.75, 3.05) is 0 Å². The van der Waals surface area contributed by atoms with Crippen LogP contribution >= 0.6 is 0 Å². The van der Waals surface area contributed by atoms with Gasteiger partial charge in [-0.1, -0.05) is 106 Å². The van der Waals surface area contributed by atoms with Crippen LogP contribution in [-0.4, -0.2) is 0 Å². The maximum absolute atomic E-state index is 3.59. The molecule has 1 aliphatic rings. The summed E-state index contributed by atoms with van der Waals surface area (Å²) in [4.78, 5) is 0. The molecule has 0 atom stereocenters. The maximum atomic E-state index is 3.59. The molecule has 3 aromatic rings. The van der Waals surface area contributed by atoms with E-state index in [1.165, 1.54) is 27.8 Å². The smallest absolute Gasteiger partial charge is 1.00 e. The topological polar surface area (TPSA) is 0 Å². The molecule has 4 rings (SSSR count). The number of hydrogen-bond acceptors (Lipinski definition) is 0. The molecular formula is C28H27Cl3Ti. The Hall–Kier alpha value is -1.28. The summed E-state index contributed by atoms with van der Waals surface area (Å²) >= 11 is 0. The van der Waals surface area contributed by atoms with E-state index in [1.54, 1.807) is 0 Å². The van der Waals surface area contributed by atoms with Crippen LogP contribution in [0.15, 0.2) is 103 Å². The maximum Gasteiger partial charge on any atom is 4.00 e. The molecule has 0 radical (unpaired) electrons. The Labute approximate surface area is 226 Å². The average molecular weight is 518 g/mol. The first-order chi connectivity index (χ1) is 13.5. The van der Waals surface area contributed by atoms with Crippen LogP contribution in [-0.2, 0) is 27.1 Å². The Morgan fingerprint density at radius 3 is 1.44 bits per heavy atom. The molecule has 0 spiro atoms. The van der Waals surface area contributed by atoms with Crippen molar-refractivity contribution in [1.29, 1.82) is 0 Å². The summed E-state index contributed by atoms with van der Waals surface area (Å²) in [7, 11) is 0. The quantitative estimate of drug-likeness (QED) is 0.285. The second kappa shape index (κ2) is 12.8. The van der Waals surface area contributed by atoms with E-state index < -0.39 is 0 Å². The average Bonchev–Trinajstić information content (AvgIpc) is 3.20. The number of benzene rings is 3. The van der Waals surface area contributed by atoms with Gasteiger partial charge >= 0.3 is 21.7 Å². The van der Waals surface area contributed by atoms with Crippen molar-refractivity contribution < 1.29 is 58.9 Å². The van der Waals surface area contributed by atoms with Gasteiger partial charge in [-0.15, -0.1) is 17.7 Å². The normalized spacial score (nSPS) is 12.7. The number of halogens is 3. The van der Waals surface area contributed by atoms with Gasteiger partial charge in [0.15, 0.2) is 0 Å². The fourth-order valence-corrected chi connectivity index (χ4v) is 4.86. The van der Waals surface area contributed by atoms with Crippen LogP contribution in [0.5, 0.6) is 0 Å². The van der Waals surface area contributed by atoms with Gasteiger partial charge in [0.25, 0.3) is 0 Å². The Morgan fingerprint density at radius 1 is 0.625 bits per heavy atom. The van der Waals surface area contributed by atoms with Crippen molar-refractivity contribution in [2.45, 2.75) is 32.6 Å². The Morgan fingerprint density at radius 2 is 1.03 bits per heavy atom. The first-order valence-corrected chi connectivity index (χ1v) is 10.0. The molecule has 0 saturated heterocycles. The molecule has 0 unspecified atom stereocenters. The first kappa shape index (κ1) is 30.7. The molecule has 4 heteroatoms. The van der Waals surface area contributed by atoms with Crippen LogP contribution in [0.3, 0.4) is 0 Å². The summed E-state index contributed by atoms with van der Waals surface area (Å²) in [6.45, 7) is 7.09. The van der Waals surface area contributed by atoms with Crippen LogP contribution in [0.2, 0.25) is 0 Å². The minimum Gasteiger partial charge on any atom is -1.00 e. The molecule has 0 aromatic heterocycles. The van der Waals surface area contributed by atoms with E-state index in [9.17, 15) is 0 Å². The molecule has 0 amide bonds. The van der Waals surface area contributed by atoms with E-state index in [4.69, 9.17) is 0 Å². The van der Waals surface area contributed by atoms with E-state index in [2.05, 4.69) is 124 Å². The molecule has 0 heterocycles. The van der Waals surface area contributed by atoms with Gasteiger partial charge in [0, 0.05) is 5.41 Å². The third-order valence-electron chi connectivity index (χ3n) is 5.91. The van der Waals surface area contributed by atoms with Gasteiger partial charge in [-0.2, -0.15) is 23.3 Å². The van der Waals surface area contributed by atoms with Gasteiger partial charge in [-0.05, 0) is 16.5 Å². The van der Waals surface area contributed by atoms with Crippen LogP contribution in [0.1, 0.15) is 43.9 Å². The number of allylic oxidation sites excluding steroid dienone is 4. The molecule has 0 saturated carbocycles. The molecule has 1 aliphatic carbocycles. The first-order valence-electron chi connectivity index (χ1n) is 10.0. The van der Waals surface area contributed by atoms with Gasteiger partial charge in [-0.3, -0.25) is 0 Å². The monoisotopic (exact) mass is 516 g/mol. The predicted octanol–water partition coefficient (Wildman–Crippen LogP) is -1.75. The van der Waals surface area contributed by atoms with Gasteiger partial charge in [0.1, 0.15) is 0 Å². The molecule has 0 aliphatic heterocycles. The Bertz CT molecular complexity index is 965. The molecule has 164 valence electrons. The van der Waals surface area contributed by atoms with Crippen LogP contribution < -0.4 is 37.2 Å². The largest absolute Gasteiger partial charge is 4.00 e. The van der Waals surface area contributed by atoms with Crippen LogP contribution in [0, 0.1) is 11.5 Å². The zero-order valence-electron chi connectivity index (χ0n) is 18.6. The van der Waals surface area contributed by atoms with Crippen molar-refractivity contribution in [3.63, 3.8) is 0 Å². The summed E-state index contributed by atoms with van der Waals surface area (Å²) in [6.07, 6.45) is 6.71. The summed E-state index contributed by atoms with van der Waals surface area (Å²) in [6, 6.07) is 32.7.